The van der Waals surface area contributed by atoms with E-state index in [0.29, 0.717) is 6.42 Å². The molecule has 1 aliphatic rings. The van der Waals surface area contributed by atoms with Crippen molar-refractivity contribution in [3.63, 3.8) is 0 Å². The SMILES string of the molecule is Cn1cccc1C1C(c2ccccn2)NC(=S)N1CCCO. The van der Waals surface area contributed by atoms with Crippen molar-refractivity contribution in [1.29, 1.82) is 0 Å². The van der Waals surface area contributed by atoms with Crippen molar-refractivity contribution < 1.29 is 5.11 Å². The summed E-state index contributed by atoms with van der Waals surface area (Å²) in [5, 5.41) is 13.3. The zero-order valence-electron chi connectivity index (χ0n) is 12.5. The summed E-state index contributed by atoms with van der Waals surface area (Å²) in [5.41, 5.74) is 2.16. The Hall–Kier alpha value is -1.92. The summed E-state index contributed by atoms with van der Waals surface area (Å²) in [5.74, 6) is 0. The van der Waals surface area contributed by atoms with Crippen LogP contribution in [0.5, 0.6) is 0 Å². The van der Waals surface area contributed by atoms with Gasteiger partial charge in [0.25, 0.3) is 0 Å². The third-order valence-electron chi connectivity index (χ3n) is 4.04. The molecule has 116 valence electrons. The lowest BCUT2D eigenvalue weighted by atomic mass is 10.0. The highest BCUT2D eigenvalue weighted by Gasteiger charge is 2.40. The molecule has 1 fully saturated rings. The van der Waals surface area contributed by atoms with Crippen molar-refractivity contribution in [2.45, 2.75) is 18.5 Å². The molecule has 0 saturated carbocycles. The van der Waals surface area contributed by atoms with Gasteiger partial charge in [0.15, 0.2) is 5.11 Å². The van der Waals surface area contributed by atoms with Crippen molar-refractivity contribution in [3.05, 3.63) is 54.1 Å². The number of hydrogen-bond donors (Lipinski definition) is 2. The van der Waals surface area contributed by atoms with E-state index in [1.807, 2.05) is 37.5 Å². The van der Waals surface area contributed by atoms with Gasteiger partial charge in [0, 0.05) is 38.3 Å². The van der Waals surface area contributed by atoms with Crippen LogP contribution in [0.2, 0.25) is 0 Å². The largest absolute Gasteiger partial charge is 0.396 e. The monoisotopic (exact) mass is 316 g/mol. The molecule has 22 heavy (non-hydrogen) atoms. The van der Waals surface area contributed by atoms with Crippen LogP contribution in [-0.2, 0) is 7.05 Å². The van der Waals surface area contributed by atoms with Gasteiger partial charge in [-0.15, -0.1) is 0 Å². The van der Waals surface area contributed by atoms with Gasteiger partial charge in [-0.3, -0.25) is 4.98 Å². The zero-order valence-corrected chi connectivity index (χ0v) is 13.3. The van der Waals surface area contributed by atoms with Gasteiger partial charge in [-0.25, -0.2) is 0 Å². The van der Waals surface area contributed by atoms with Crippen molar-refractivity contribution >= 4 is 17.3 Å². The fraction of sp³-hybridized carbons (Fsp3) is 0.375. The highest BCUT2D eigenvalue weighted by Crippen LogP contribution is 2.38. The third kappa shape index (κ3) is 2.71. The highest BCUT2D eigenvalue weighted by molar-refractivity contribution is 7.80. The number of aromatic nitrogens is 2. The molecule has 5 nitrogen and oxygen atoms in total. The van der Waals surface area contributed by atoms with Crippen molar-refractivity contribution in [3.8, 4) is 0 Å². The van der Waals surface area contributed by atoms with E-state index in [0.717, 1.165) is 17.4 Å². The fourth-order valence-corrected chi connectivity index (χ4v) is 3.32. The van der Waals surface area contributed by atoms with Crippen molar-refractivity contribution in [2.24, 2.45) is 7.05 Å². The summed E-state index contributed by atoms with van der Waals surface area (Å²) >= 11 is 5.52. The molecule has 1 aliphatic heterocycles. The number of nitrogens with zero attached hydrogens (tertiary/aromatic N) is 3. The smallest absolute Gasteiger partial charge is 0.170 e. The minimum Gasteiger partial charge on any atom is -0.396 e. The van der Waals surface area contributed by atoms with Crippen LogP contribution in [-0.4, -0.2) is 37.8 Å². The maximum absolute atomic E-state index is 9.16. The maximum atomic E-state index is 9.16. The minimum absolute atomic E-state index is 0.0148. The molecule has 0 aromatic carbocycles. The molecule has 6 heteroatoms. The van der Waals surface area contributed by atoms with Gasteiger partial charge >= 0.3 is 0 Å². The summed E-state index contributed by atoms with van der Waals surface area (Å²) in [6.45, 7) is 0.884. The number of nitrogens with one attached hydrogen (secondary N) is 1. The van der Waals surface area contributed by atoms with Crippen LogP contribution < -0.4 is 5.32 Å². The van der Waals surface area contributed by atoms with Crippen LogP contribution in [0.25, 0.3) is 0 Å². The molecule has 2 atom stereocenters. The molecule has 2 aromatic rings. The molecule has 2 unspecified atom stereocenters. The Morgan fingerprint density at radius 1 is 1.32 bits per heavy atom. The molecule has 0 bridgehead atoms. The van der Waals surface area contributed by atoms with E-state index in [1.54, 1.807) is 6.20 Å². The van der Waals surface area contributed by atoms with Crippen LogP contribution in [0.1, 0.15) is 29.9 Å². The number of aliphatic hydroxyl groups excluding tert-OH is 1. The first-order chi connectivity index (χ1) is 10.7. The second kappa shape index (κ2) is 6.46. The minimum atomic E-state index is 0.0148. The number of pyridine rings is 1. The van der Waals surface area contributed by atoms with Crippen LogP contribution >= 0.6 is 12.2 Å². The Balaban J connectivity index is 1.99. The Kier molecular flexibility index (Phi) is 4.40. The second-order valence-electron chi connectivity index (χ2n) is 5.44. The summed E-state index contributed by atoms with van der Waals surface area (Å²) in [6.07, 6.45) is 4.53. The topological polar surface area (TPSA) is 53.3 Å². The highest BCUT2D eigenvalue weighted by atomic mass is 32.1. The first-order valence-corrected chi connectivity index (χ1v) is 7.83. The van der Waals surface area contributed by atoms with Gasteiger partial charge < -0.3 is 19.9 Å². The predicted octanol–water partition coefficient (Wildman–Crippen LogP) is 1.77. The first-order valence-electron chi connectivity index (χ1n) is 7.42. The zero-order chi connectivity index (χ0) is 15.5. The number of aliphatic hydroxyl groups is 1. The van der Waals surface area contributed by atoms with E-state index in [2.05, 4.69) is 25.8 Å². The Morgan fingerprint density at radius 2 is 2.18 bits per heavy atom. The van der Waals surface area contributed by atoms with E-state index in [-0.39, 0.29) is 18.7 Å². The molecule has 0 spiro atoms. The average Bonchev–Trinajstić information content (AvgIpc) is 3.09. The summed E-state index contributed by atoms with van der Waals surface area (Å²) in [6, 6.07) is 10.2. The normalized spacial score (nSPS) is 21.2. The van der Waals surface area contributed by atoms with Gasteiger partial charge in [0.05, 0.1) is 17.8 Å². The van der Waals surface area contributed by atoms with E-state index in [1.165, 1.54) is 5.69 Å². The molecule has 2 aromatic heterocycles. The van der Waals surface area contributed by atoms with Gasteiger partial charge in [0.1, 0.15) is 0 Å². The van der Waals surface area contributed by atoms with Crippen LogP contribution in [0.15, 0.2) is 42.7 Å². The molecule has 3 heterocycles. The molecular weight excluding hydrogens is 296 g/mol. The van der Waals surface area contributed by atoms with Crippen LogP contribution in [0.3, 0.4) is 0 Å². The number of hydrogen-bond acceptors (Lipinski definition) is 3. The van der Waals surface area contributed by atoms with E-state index < -0.39 is 0 Å². The lowest BCUT2D eigenvalue weighted by Gasteiger charge is -2.28. The fourth-order valence-electron chi connectivity index (χ4n) is 2.99. The quantitative estimate of drug-likeness (QED) is 0.824. The van der Waals surface area contributed by atoms with Gasteiger partial charge in [-0.1, -0.05) is 6.07 Å². The lowest BCUT2D eigenvalue weighted by molar-refractivity contribution is 0.244. The van der Waals surface area contributed by atoms with Crippen LogP contribution in [0.4, 0.5) is 0 Å². The van der Waals surface area contributed by atoms with E-state index in [9.17, 15) is 0 Å². The van der Waals surface area contributed by atoms with Crippen molar-refractivity contribution in [1.82, 2.24) is 19.8 Å². The molecule has 1 saturated heterocycles. The molecule has 3 rings (SSSR count). The van der Waals surface area contributed by atoms with E-state index in [4.69, 9.17) is 17.3 Å². The van der Waals surface area contributed by atoms with Crippen LogP contribution in [0, 0.1) is 0 Å². The molecular formula is C16H20N4OS. The Bertz CT molecular complexity index is 643. The Morgan fingerprint density at radius 3 is 2.82 bits per heavy atom. The third-order valence-corrected chi connectivity index (χ3v) is 4.39. The number of thiocarbonyl (C=S) groups is 1. The van der Waals surface area contributed by atoms with Gasteiger partial charge in [0.2, 0.25) is 0 Å². The van der Waals surface area contributed by atoms with Gasteiger partial charge in [-0.2, -0.15) is 0 Å². The number of rotatable bonds is 5. The first kappa shape index (κ1) is 15.0. The predicted molar refractivity (Wildman–Crippen MR) is 89.3 cm³/mol. The van der Waals surface area contributed by atoms with Crippen molar-refractivity contribution in [2.75, 3.05) is 13.2 Å². The second-order valence-corrected chi connectivity index (χ2v) is 5.83. The number of aryl methyl sites for hydroxylation is 1. The summed E-state index contributed by atoms with van der Waals surface area (Å²) in [4.78, 5) is 6.65. The summed E-state index contributed by atoms with van der Waals surface area (Å²) in [7, 11) is 2.04. The van der Waals surface area contributed by atoms with E-state index >= 15 is 0 Å². The standard InChI is InChI=1S/C16H20N4OS/c1-19-9-4-7-13(19)15-14(12-6-2-3-8-17-12)18-16(22)20(15)10-5-11-21/h2-4,6-9,14-15,21H,5,10-11H2,1H3,(H,18,22). The molecule has 0 amide bonds. The summed E-state index contributed by atoms with van der Waals surface area (Å²) < 4.78 is 2.11. The molecule has 2 N–H and O–H groups in total. The maximum Gasteiger partial charge on any atom is 0.170 e. The Labute approximate surface area is 135 Å². The van der Waals surface area contributed by atoms with Gasteiger partial charge in [-0.05, 0) is 42.9 Å². The molecule has 0 aliphatic carbocycles. The lowest BCUT2D eigenvalue weighted by Crippen LogP contribution is -2.31. The average molecular weight is 316 g/mol. The molecule has 0 radical (unpaired) electrons.